The van der Waals surface area contributed by atoms with Crippen LogP contribution in [0.5, 0.6) is 5.75 Å². The summed E-state index contributed by atoms with van der Waals surface area (Å²) < 4.78 is 5.36. The average molecular weight is 459 g/mol. The summed E-state index contributed by atoms with van der Waals surface area (Å²) in [6, 6.07) is 12.6. The Hall–Kier alpha value is -2.68. The van der Waals surface area contributed by atoms with Gasteiger partial charge in [0.05, 0.1) is 24.1 Å². The Kier molecular flexibility index (Phi) is 5.64. The zero-order chi connectivity index (χ0) is 21.4. The number of amides is 3. The van der Waals surface area contributed by atoms with Crippen molar-refractivity contribution in [3.8, 4) is 5.75 Å². The Bertz CT molecular complexity index is 1080. The third-order valence-corrected chi connectivity index (χ3v) is 6.34. The minimum atomic E-state index is -0.955. The van der Waals surface area contributed by atoms with Crippen LogP contribution in [-0.4, -0.2) is 40.1 Å². The van der Waals surface area contributed by atoms with Crippen molar-refractivity contribution in [3.63, 3.8) is 0 Å². The van der Waals surface area contributed by atoms with E-state index in [1.807, 2.05) is 0 Å². The molecule has 0 aromatic heterocycles. The summed E-state index contributed by atoms with van der Waals surface area (Å²) in [5.74, 6) is -0.638. The highest BCUT2D eigenvalue weighted by atomic mass is 35.5. The van der Waals surface area contributed by atoms with Crippen LogP contribution in [0, 0.1) is 0 Å². The Morgan fingerprint density at radius 1 is 1.10 bits per heavy atom. The molecular weight excluding hydrogens is 444 g/mol. The largest absolute Gasteiger partial charge is 0.497 e. The van der Waals surface area contributed by atoms with E-state index in [1.54, 1.807) is 54.6 Å². The number of carbonyl (C=O) groups is 3. The van der Waals surface area contributed by atoms with E-state index in [0.29, 0.717) is 21.4 Å². The van der Waals surface area contributed by atoms with E-state index in [1.165, 1.54) is 12.0 Å². The molecule has 0 spiro atoms. The molecule has 3 amide bonds. The van der Waals surface area contributed by atoms with Crippen molar-refractivity contribution in [2.45, 2.75) is 12.5 Å². The van der Waals surface area contributed by atoms with E-state index < -0.39 is 11.9 Å². The van der Waals surface area contributed by atoms with Gasteiger partial charge >= 0.3 is 0 Å². The van der Waals surface area contributed by atoms with E-state index in [9.17, 15) is 14.4 Å². The van der Waals surface area contributed by atoms with Crippen LogP contribution in [0.1, 0.15) is 12.0 Å². The van der Waals surface area contributed by atoms with E-state index in [4.69, 9.17) is 28.6 Å². The molecule has 2 aromatic rings. The maximum Gasteiger partial charge on any atom is 0.266 e. The number of anilines is 1. The number of thiocarbonyl (C=S) groups is 1. The van der Waals surface area contributed by atoms with Gasteiger partial charge in [0, 0.05) is 5.02 Å². The SMILES string of the molecule is COc1ccc(N2C(=O)CC(N3C(=O)/C(=C/c4ccc(Cl)cc4)SC3=S)C2=O)cc1. The number of thioether (sulfide) groups is 1. The number of benzene rings is 2. The number of carbonyl (C=O) groups excluding carboxylic acids is 3. The molecule has 152 valence electrons. The summed E-state index contributed by atoms with van der Waals surface area (Å²) in [6.07, 6.45) is 1.57. The first-order chi connectivity index (χ1) is 14.4. The summed E-state index contributed by atoms with van der Waals surface area (Å²) in [5, 5.41) is 0.591. The van der Waals surface area contributed by atoms with Gasteiger partial charge in [-0.15, -0.1) is 0 Å². The zero-order valence-corrected chi connectivity index (χ0v) is 18.1. The predicted octanol–water partition coefficient (Wildman–Crippen LogP) is 3.88. The second-order valence-electron chi connectivity index (χ2n) is 6.59. The van der Waals surface area contributed by atoms with Gasteiger partial charge in [-0.1, -0.05) is 47.7 Å². The topological polar surface area (TPSA) is 66.9 Å². The van der Waals surface area contributed by atoms with E-state index in [2.05, 4.69) is 0 Å². The molecule has 4 rings (SSSR count). The molecule has 1 unspecified atom stereocenters. The standard InChI is InChI=1S/C21H15ClN2O4S2/c1-28-15-8-6-14(7-9-15)23-18(25)11-16(19(23)26)24-20(27)17(30-21(24)29)10-12-2-4-13(22)5-3-12/h2-10,16H,11H2,1H3/b17-10-. The van der Waals surface area contributed by atoms with Gasteiger partial charge in [-0.25, -0.2) is 4.90 Å². The molecule has 1 atom stereocenters. The highest BCUT2D eigenvalue weighted by Gasteiger charge is 2.48. The molecule has 9 heteroatoms. The van der Waals surface area contributed by atoms with Crippen molar-refractivity contribution in [3.05, 3.63) is 64.0 Å². The quantitative estimate of drug-likeness (QED) is 0.393. The minimum Gasteiger partial charge on any atom is -0.497 e. The number of hydrogen-bond acceptors (Lipinski definition) is 6. The summed E-state index contributed by atoms with van der Waals surface area (Å²) in [6.45, 7) is 0. The lowest BCUT2D eigenvalue weighted by molar-refractivity contribution is -0.129. The Morgan fingerprint density at radius 2 is 1.77 bits per heavy atom. The lowest BCUT2D eigenvalue weighted by Crippen LogP contribution is -2.44. The minimum absolute atomic E-state index is 0.120. The molecule has 0 radical (unpaired) electrons. The smallest absolute Gasteiger partial charge is 0.266 e. The van der Waals surface area contributed by atoms with Gasteiger partial charge in [-0.2, -0.15) is 0 Å². The van der Waals surface area contributed by atoms with Crippen molar-refractivity contribution >= 4 is 69.4 Å². The Balaban J connectivity index is 1.58. The number of methoxy groups -OCH3 is 1. The van der Waals surface area contributed by atoms with Gasteiger partial charge in [0.15, 0.2) is 0 Å². The van der Waals surface area contributed by atoms with Crippen LogP contribution in [-0.2, 0) is 14.4 Å². The van der Waals surface area contributed by atoms with Crippen LogP contribution < -0.4 is 9.64 Å². The van der Waals surface area contributed by atoms with Gasteiger partial charge in [-0.3, -0.25) is 19.3 Å². The van der Waals surface area contributed by atoms with Gasteiger partial charge in [0.2, 0.25) is 5.91 Å². The highest BCUT2D eigenvalue weighted by molar-refractivity contribution is 8.26. The van der Waals surface area contributed by atoms with E-state index in [-0.39, 0.29) is 22.6 Å². The average Bonchev–Trinajstić information content (AvgIpc) is 3.17. The lowest BCUT2D eigenvalue weighted by atomic mass is 10.2. The fourth-order valence-corrected chi connectivity index (χ4v) is 4.76. The van der Waals surface area contributed by atoms with Crippen molar-refractivity contribution in [2.75, 3.05) is 12.0 Å². The van der Waals surface area contributed by atoms with Crippen LogP contribution in [0.3, 0.4) is 0 Å². The van der Waals surface area contributed by atoms with Gasteiger partial charge in [-0.05, 0) is 48.0 Å². The van der Waals surface area contributed by atoms with Crippen LogP contribution in [0.4, 0.5) is 5.69 Å². The summed E-state index contributed by atoms with van der Waals surface area (Å²) in [7, 11) is 1.53. The molecule has 0 bridgehead atoms. The van der Waals surface area contributed by atoms with Crippen LogP contribution in [0.25, 0.3) is 6.08 Å². The van der Waals surface area contributed by atoms with Crippen LogP contribution in [0.15, 0.2) is 53.4 Å². The normalized spacial score (nSPS) is 20.6. The predicted molar refractivity (Wildman–Crippen MR) is 120 cm³/mol. The third-order valence-electron chi connectivity index (χ3n) is 4.76. The highest BCUT2D eigenvalue weighted by Crippen LogP contribution is 2.37. The molecule has 0 aliphatic carbocycles. The molecule has 2 aliphatic heterocycles. The second kappa shape index (κ2) is 8.22. The van der Waals surface area contributed by atoms with Crippen LogP contribution >= 0.6 is 35.6 Å². The molecule has 0 saturated carbocycles. The summed E-state index contributed by atoms with van der Waals surface area (Å²) >= 11 is 12.4. The maximum atomic E-state index is 13.0. The van der Waals surface area contributed by atoms with Crippen molar-refractivity contribution < 1.29 is 19.1 Å². The van der Waals surface area contributed by atoms with E-state index in [0.717, 1.165) is 22.2 Å². The lowest BCUT2D eigenvalue weighted by Gasteiger charge is -2.21. The number of nitrogens with zero attached hydrogens (tertiary/aromatic N) is 2. The first kappa shape index (κ1) is 20.6. The number of imide groups is 1. The first-order valence-corrected chi connectivity index (χ1v) is 10.5. The molecule has 2 fully saturated rings. The third kappa shape index (κ3) is 3.74. The summed E-state index contributed by atoms with van der Waals surface area (Å²) in [4.78, 5) is 41.3. The van der Waals surface area contributed by atoms with Crippen LogP contribution in [0.2, 0.25) is 5.02 Å². The fourth-order valence-electron chi connectivity index (χ4n) is 3.28. The number of rotatable bonds is 4. The van der Waals surface area contributed by atoms with Gasteiger partial charge in [0.25, 0.3) is 11.8 Å². The Morgan fingerprint density at radius 3 is 2.40 bits per heavy atom. The van der Waals surface area contributed by atoms with Gasteiger partial charge < -0.3 is 4.74 Å². The molecule has 30 heavy (non-hydrogen) atoms. The second-order valence-corrected chi connectivity index (χ2v) is 8.70. The summed E-state index contributed by atoms with van der Waals surface area (Å²) in [5.41, 5.74) is 1.21. The van der Waals surface area contributed by atoms with Crippen molar-refractivity contribution in [1.82, 2.24) is 4.90 Å². The van der Waals surface area contributed by atoms with Crippen molar-refractivity contribution in [2.24, 2.45) is 0 Å². The van der Waals surface area contributed by atoms with Crippen molar-refractivity contribution in [1.29, 1.82) is 0 Å². The number of hydrogen-bond donors (Lipinski definition) is 0. The van der Waals surface area contributed by atoms with Gasteiger partial charge in [0.1, 0.15) is 16.1 Å². The van der Waals surface area contributed by atoms with E-state index >= 15 is 0 Å². The molecule has 2 heterocycles. The number of ether oxygens (including phenoxy) is 1. The zero-order valence-electron chi connectivity index (χ0n) is 15.7. The molecular formula is C21H15ClN2O4S2. The molecule has 2 aromatic carbocycles. The fraction of sp³-hybridized carbons (Fsp3) is 0.143. The molecule has 2 saturated heterocycles. The number of halogens is 1. The maximum absolute atomic E-state index is 13.0. The molecule has 2 aliphatic rings. The first-order valence-electron chi connectivity index (χ1n) is 8.92. The Labute approximate surface area is 187 Å². The molecule has 0 N–H and O–H groups in total. The monoisotopic (exact) mass is 458 g/mol. The molecule has 6 nitrogen and oxygen atoms in total.